The first-order valence-electron chi connectivity index (χ1n) is 9.31. The summed E-state index contributed by atoms with van der Waals surface area (Å²) in [5.74, 6) is 0.293. The van der Waals surface area contributed by atoms with Crippen LogP contribution in [0.25, 0.3) is 0 Å². The van der Waals surface area contributed by atoms with Gasteiger partial charge in [0.1, 0.15) is 12.3 Å². The Bertz CT molecular complexity index is 878. The third-order valence-corrected chi connectivity index (χ3v) is 5.49. The number of hydrogen-bond acceptors (Lipinski definition) is 4. The van der Waals surface area contributed by atoms with Gasteiger partial charge < -0.3 is 10.1 Å². The number of ether oxygens (including phenoxy) is 1. The van der Waals surface area contributed by atoms with Crippen molar-refractivity contribution < 1.29 is 17.9 Å². The second-order valence-corrected chi connectivity index (χ2v) is 8.54. The number of benzene rings is 2. The molecule has 0 saturated heterocycles. The summed E-state index contributed by atoms with van der Waals surface area (Å²) in [6.07, 6.45) is 1.80. The predicted molar refractivity (Wildman–Crippen MR) is 112 cm³/mol. The number of amides is 1. The summed E-state index contributed by atoms with van der Waals surface area (Å²) in [5, 5.41) is 2.94. The number of hydrogen-bond donors (Lipinski definition) is 1. The van der Waals surface area contributed by atoms with Crippen LogP contribution in [0.1, 0.15) is 37.4 Å². The van der Waals surface area contributed by atoms with Gasteiger partial charge in [0.15, 0.2) is 0 Å². The predicted octanol–water partition coefficient (Wildman–Crippen LogP) is 3.43. The number of aryl methyl sites for hydroxylation is 1. The molecule has 152 valence electrons. The van der Waals surface area contributed by atoms with Gasteiger partial charge in [-0.2, -0.15) is 0 Å². The molecule has 2 aromatic rings. The Labute approximate surface area is 167 Å². The molecule has 0 aromatic heterocycles. The minimum Gasteiger partial charge on any atom is -0.494 e. The van der Waals surface area contributed by atoms with E-state index >= 15 is 0 Å². The van der Waals surface area contributed by atoms with E-state index in [0.717, 1.165) is 21.7 Å². The molecule has 6 nitrogen and oxygen atoms in total. The van der Waals surface area contributed by atoms with Gasteiger partial charge in [0, 0.05) is 0 Å². The van der Waals surface area contributed by atoms with E-state index in [1.807, 2.05) is 45.0 Å². The number of carbonyl (C=O) groups is 1. The lowest BCUT2D eigenvalue weighted by molar-refractivity contribution is -0.120. The normalized spacial score (nSPS) is 12.3. The smallest absolute Gasteiger partial charge is 0.241 e. The molecule has 7 heteroatoms. The molecule has 0 heterocycles. The van der Waals surface area contributed by atoms with Crippen LogP contribution >= 0.6 is 0 Å². The summed E-state index contributed by atoms with van der Waals surface area (Å²) in [4.78, 5) is 12.6. The third kappa shape index (κ3) is 5.99. The standard InChI is InChI=1S/C21H28N2O4S/c1-5-20(17-9-7-16(3)8-10-17)22-21(24)15-23(28(4,25)26)18-11-13-19(14-12-18)27-6-2/h7-14,20H,5-6,15H2,1-4H3,(H,22,24). The molecule has 2 aromatic carbocycles. The summed E-state index contributed by atoms with van der Waals surface area (Å²) < 4.78 is 31.0. The molecule has 28 heavy (non-hydrogen) atoms. The summed E-state index contributed by atoms with van der Waals surface area (Å²) in [6.45, 7) is 6.10. The van der Waals surface area contributed by atoms with Crippen LogP contribution in [-0.4, -0.2) is 33.7 Å². The van der Waals surface area contributed by atoms with Crippen molar-refractivity contribution in [2.45, 2.75) is 33.2 Å². The number of carbonyl (C=O) groups excluding carboxylic acids is 1. The topological polar surface area (TPSA) is 75.7 Å². The Morgan fingerprint density at radius 2 is 1.68 bits per heavy atom. The zero-order valence-electron chi connectivity index (χ0n) is 16.8. The molecular weight excluding hydrogens is 376 g/mol. The first kappa shape index (κ1) is 21.8. The highest BCUT2D eigenvalue weighted by molar-refractivity contribution is 7.92. The van der Waals surface area contributed by atoms with Crippen molar-refractivity contribution in [1.82, 2.24) is 5.32 Å². The van der Waals surface area contributed by atoms with E-state index in [-0.39, 0.29) is 18.5 Å². The Hall–Kier alpha value is -2.54. The number of nitrogens with zero attached hydrogens (tertiary/aromatic N) is 1. The molecule has 0 aliphatic heterocycles. The van der Waals surface area contributed by atoms with Gasteiger partial charge in [-0.15, -0.1) is 0 Å². The lowest BCUT2D eigenvalue weighted by Crippen LogP contribution is -2.41. The van der Waals surface area contributed by atoms with E-state index in [0.29, 0.717) is 24.5 Å². The lowest BCUT2D eigenvalue weighted by atomic mass is 10.0. The number of nitrogens with one attached hydrogen (secondary N) is 1. The van der Waals surface area contributed by atoms with Crippen LogP contribution in [0.3, 0.4) is 0 Å². The van der Waals surface area contributed by atoms with E-state index in [1.54, 1.807) is 24.3 Å². The van der Waals surface area contributed by atoms with Crippen molar-refractivity contribution >= 4 is 21.6 Å². The monoisotopic (exact) mass is 404 g/mol. The molecule has 1 amide bonds. The van der Waals surface area contributed by atoms with Crippen molar-refractivity contribution in [1.29, 1.82) is 0 Å². The Balaban J connectivity index is 2.15. The van der Waals surface area contributed by atoms with Crippen molar-refractivity contribution in [3.05, 3.63) is 59.7 Å². The van der Waals surface area contributed by atoms with E-state index in [1.165, 1.54) is 0 Å². The maximum Gasteiger partial charge on any atom is 0.241 e. The first-order chi connectivity index (χ1) is 13.2. The van der Waals surface area contributed by atoms with Gasteiger partial charge in [-0.1, -0.05) is 36.8 Å². The second-order valence-electron chi connectivity index (χ2n) is 6.64. The van der Waals surface area contributed by atoms with E-state index in [2.05, 4.69) is 5.32 Å². The number of anilines is 1. The lowest BCUT2D eigenvalue weighted by Gasteiger charge is -2.24. The van der Waals surface area contributed by atoms with Crippen molar-refractivity contribution in [2.75, 3.05) is 23.7 Å². The molecule has 0 fully saturated rings. The molecule has 0 bridgehead atoms. The maximum absolute atomic E-state index is 12.6. The quantitative estimate of drug-likeness (QED) is 0.695. The zero-order chi connectivity index (χ0) is 20.7. The minimum absolute atomic E-state index is 0.171. The summed E-state index contributed by atoms with van der Waals surface area (Å²) >= 11 is 0. The highest BCUT2D eigenvalue weighted by Gasteiger charge is 2.22. The Morgan fingerprint density at radius 1 is 1.07 bits per heavy atom. The van der Waals surface area contributed by atoms with Gasteiger partial charge in [0.2, 0.25) is 15.9 Å². The molecule has 0 aliphatic carbocycles. The van der Waals surface area contributed by atoms with E-state index < -0.39 is 10.0 Å². The Kier molecular flexibility index (Phi) is 7.45. The fourth-order valence-electron chi connectivity index (χ4n) is 2.87. The molecule has 1 atom stereocenters. The molecule has 2 rings (SSSR count). The average Bonchev–Trinajstić information content (AvgIpc) is 2.65. The number of rotatable bonds is 9. The molecule has 0 spiro atoms. The van der Waals surface area contributed by atoms with E-state index in [9.17, 15) is 13.2 Å². The highest BCUT2D eigenvalue weighted by atomic mass is 32.2. The SMILES string of the molecule is CCOc1ccc(N(CC(=O)NC(CC)c2ccc(C)cc2)S(C)(=O)=O)cc1. The van der Waals surface area contributed by atoms with Crippen LogP contribution in [0.15, 0.2) is 48.5 Å². The highest BCUT2D eigenvalue weighted by Crippen LogP contribution is 2.22. The second kappa shape index (κ2) is 9.59. The van der Waals surface area contributed by atoms with Crippen LogP contribution in [0.2, 0.25) is 0 Å². The molecule has 1 unspecified atom stereocenters. The first-order valence-corrected chi connectivity index (χ1v) is 11.2. The van der Waals surface area contributed by atoms with Gasteiger partial charge in [-0.3, -0.25) is 9.10 Å². The van der Waals surface area contributed by atoms with Gasteiger partial charge in [0.05, 0.1) is 24.6 Å². The van der Waals surface area contributed by atoms with Gasteiger partial charge in [-0.05, 0) is 50.1 Å². The van der Waals surface area contributed by atoms with Crippen LogP contribution in [0, 0.1) is 6.92 Å². The molecule has 0 aliphatic rings. The van der Waals surface area contributed by atoms with Gasteiger partial charge >= 0.3 is 0 Å². The van der Waals surface area contributed by atoms with Crippen LogP contribution in [0.4, 0.5) is 5.69 Å². The van der Waals surface area contributed by atoms with Crippen LogP contribution in [0.5, 0.6) is 5.75 Å². The van der Waals surface area contributed by atoms with Crippen molar-refractivity contribution in [2.24, 2.45) is 0 Å². The Morgan fingerprint density at radius 3 is 2.18 bits per heavy atom. The fraction of sp³-hybridized carbons (Fsp3) is 0.381. The van der Waals surface area contributed by atoms with E-state index in [4.69, 9.17) is 4.74 Å². The van der Waals surface area contributed by atoms with Crippen LogP contribution in [-0.2, 0) is 14.8 Å². The largest absolute Gasteiger partial charge is 0.494 e. The van der Waals surface area contributed by atoms with Gasteiger partial charge in [0.25, 0.3) is 0 Å². The maximum atomic E-state index is 12.6. The third-order valence-electron chi connectivity index (χ3n) is 4.35. The molecule has 0 radical (unpaired) electrons. The van der Waals surface area contributed by atoms with Crippen LogP contribution < -0.4 is 14.4 Å². The van der Waals surface area contributed by atoms with Crippen molar-refractivity contribution in [3.63, 3.8) is 0 Å². The molecule has 1 N–H and O–H groups in total. The summed E-state index contributed by atoms with van der Waals surface area (Å²) in [6, 6.07) is 14.4. The number of sulfonamides is 1. The summed E-state index contributed by atoms with van der Waals surface area (Å²) in [7, 11) is -3.62. The molecular formula is C21H28N2O4S. The summed E-state index contributed by atoms with van der Waals surface area (Å²) in [5.41, 5.74) is 2.56. The van der Waals surface area contributed by atoms with Gasteiger partial charge in [-0.25, -0.2) is 8.42 Å². The van der Waals surface area contributed by atoms with Crippen molar-refractivity contribution in [3.8, 4) is 5.75 Å². The zero-order valence-corrected chi connectivity index (χ0v) is 17.6. The fourth-order valence-corrected chi connectivity index (χ4v) is 3.72. The molecule has 0 saturated carbocycles. The average molecular weight is 405 g/mol. The minimum atomic E-state index is -3.62.